The Kier molecular flexibility index (Phi) is 3.99. The highest BCUT2D eigenvalue weighted by Crippen LogP contribution is 2.11. The first-order chi connectivity index (χ1) is 8.69. The van der Waals surface area contributed by atoms with Crippen molar-refractivity contribution in [2.24, 2.45) is 0 Å². The van der Waals surface area contributed by atoms with Crippen LogP contribution >= 0.6 is 11.3 Å². The van der Waals surface area contributed by atoms with E-state index in [9.17, 15) is 4.79 Å². The number of ether oxygens (including phenoxy) is 1. The molecule has 2 heterocycles. The van der Waals surface area contributed by atoms with Gasteiger partial charge >= 0.3 is 0 Å². The van der Waals surface area contributed by atoms with Gasteiger partial charge in [0.2, 0.25) is 5.91 Å². The first-order valence-corrected chi connectivity index (χ1v) is 6.40. The van der Waals surface area contributed by atoms with Crippen LogP contribution in [-0.4, -0.2) is 34.7 Å². The van der Waals surface area contributed by atoms with Gasteiger partial charge in [0.1, 0.15) is 6.54 Å². The van der Waals surface area contributed by atoms with Gasteiger partial charge in [0.15, 0.2) is 5.75 Å². The molecule has 1 amide bonds. The van der Waals surface area contributed by atoms with E-state index in [1.54, 1.807) is 47.5 Å². The first kappa shape index (κ1) is 12.6. The van der Waals surface area contributed by atoms with Crippen molar-refractivity contribution in [1.29, 1.82) is 0 Å². The van der Waals surface area contributed by atoms with Crippen molar-refractivity contribution in [3.05, 3.63) is 34.8 Å². The number of hydrogen-bond acceptors (Lipinski definition) is 4. The molecule has 0 aliphatic rings. The Morgan fingerprint density at radius 3 is 3.06 bits per heavy atom. The van der Waals surface area contributed by atoms with Crippen LogP contribution in [0.25, 0.3) is 0 Å². The molecule has 0 saturated carbocycles. The van der Waals surface area contributed by atoms with Crippen LogP contribution in [-0.2, 0) is 17.9 Å². The average Bonchev–Trinajstić information content (AvgIpc) is 3.00. The normalized spacial score (nSPS) is 10.3. The van der Waals surface area contributed by atoms with Gasteiger partial charge in [-0.25, -0.2) is 0 Å². The minimum atomic E-state index is 0.0224. The SMILES string of the molecule is COc1cnn(CC(=O)N(C)Cc2cccs2)c1. The molecule has 0 radical (unpaired) electrons. The number of nitrogens with zero attached hydrogens (tertiary/aromatic N) is 3. The zero-order valence-electron chi connectivity index (χ0n) is 10.4. The van der Waals surface area contributed by atoms with Gasteiger partial charge in [0.25, 0.3) is 0 Å². The van der Waals surface area contributed by atoms with E-state index in [-0.39, 0.29) is 12.5 Å². The average molecular weight is 265 g/mol. The van der Waals surface area contributed by atoms with Gasteiger partial charge in [-0.15, -0.1) is 11.3 Å². The van der Waals surface area contributed by atoms with Crippen molar-refractivity contribution >= 4 is 17.2 Å². The smallest absolute Gasteiger partial charge is 0.244 e. The summed E-state index contributed by atoms with van der Waals surface area (Å²) in [7, 11) is 3.37. The third-order valence-electron chi connectivity index (χ3n) is 2.54. The Bertz CT molecular complexity index is 507. The molecule has 0 N–H and O–H groups in total. The van der Waals surface area contributed by atoms with Crippen LogP contribution in [0.15, 0.2) is 29.9 Å². The Morgan fingerprint density at radius 2 is 2.44 bits per heavy atom. The van der Waals surface area contributed by atoms with Crippen LogP contribution in [0.3, 0.4) is 0 Å². The lowest BCUT2D eigenvalue weighted by molar-refractivity contribution is -0.131. The van der Waals surface area contributed by atoms with Crippen molar-refractivity contribution in [3.8, 4) is 5.75 Å². The summed E-state index contributed by atoms with van der Waals surface area (Å²) in [5.74, 6) is 0.679. The summed E-state index contributed by atoms with van der Waals surface area (Å²) in [5, 5.41) is 6.06. The number of carbonyl (C=O) groups excluding carboxylic acids is 1. The minimum absolute atomic E-state index is 0.0224. The molecule has 0 bridgehead atoms. The van der Waals surface area contributed by atoms with E-state index < -0.39 is 0 Å². The molecule has 0 unspecified atom stereocenters. The van der Waals surface area contributed by atoms with Crippen LogP contribution < -0.4 is 4.74 Å². The fourth-order valence-corrected chi connectivity index (χ4v) is 2.28. The number of hydrogen-bond donors (Lipinski definition) is 0. The highest BCUT2D eigenvalue weighted by Gasteiger charge is 2.11. The molecule has 5 nitrogen and oxygen atoms in total. The summed E-state index contributed by atoms with van der Waals surface area (Å²) >= 11 is 1.65. The molecule has 0 spiro atoms. The maximum Gasteiger partial charge on any atom is 0.244 e. The second-order valence-electron chi connectivity index (χ2n) is 3.91. The Hall–Kier alpha value is -1.82. The third kappa shape index (κ3) is 3.10. The van der Waals surface area contributed by atoms with Crippen LogP contribution in [0, 0.1) is 0 Å². The van der Waals surface area contributed by atoms with Crippen LogP contribution in [0.5, 0.6) is 5.75 Å². The molecular formula is C12H15N3O2S. The number of carbonyl (C=O) groups is 1. The molecule has 0 fully saturated rings. The summed E-state index contributed by atoms with van der Waals surface area (Å²) < 4.78 is 6.59. The Labute approximate surface area is 110 Å². The lowest BCUT2D eigenvalue weighted by atomic mass is 10.4. The zero-order valence-corrected chi connectivity index (χ0v) is 11.2. The Morgan fingerprint density at radius 1 is 1.61 bits per heavy atom. The van der Waals surface area contributed by atoms with Gasteiger partial charge in [-0.1, -0.05) is 6.07 Å². The molecule has 2 rings (SSSR count). The number of thiophene rings is 1. The van der Waals surface area contributed by atoms with Crippen LogP contribution in [0.2, 0.25) is 0 Å². The lowest BCUT2D eigenvalue weighted by Gasteiger charge is -2.16. The minimum Gasteiger partial charge on any atom is -0.493 e. The van der Waals surface area contributed by atoms with E-state index in [2.05, 4.69) is 5.10 Å². The third-order valence-corrected chi connectivity index (χ3v) is 3.40. The quantitative estimate of drug-likeness (QED) is 0.825. The monoisotopic (exact) mass is 265 g/mol. The highest BCUT2D eigenvalue weighted by molar-refractivity contribution is 7.09. The number of rotatable bonds is 5. The number of likely N-dealkylation sites (N-methyl/N-ethyl adjacent to an activating group) is 1. The summed E-state index contributed by atoms with van der Waals surface area (Å²) in [5.41, 5.74) is 0. The first-order valence-electron chi connectivity index (χ1n) is 5.52. The predicted octanol–water partition coefficient (Wildman–Crippen LogP) is 1.61. The number of methoxy groups -OCH3 is 1. The number of amides is 1. The zero-order chi connectivity index (χ0) is 13.0. The van der Waals surface area contributed by atoms with E-state index in [1.807, 2.05) is 17.5 Å². The van der Waals surface area contributed by atoms with E-state index in [0.717, 1.165) is 0 Å². The topological polar surface area (TPSA) is 47.4 Å². The molecule has 6 heteroatoms. The van der Waals surface area contributed by atoms with Gasteiger partial charge in [-0.2, -0.15) is 5.10 Å². The molecule has 96 valence electrons. The van der Waals surface area contributed by atoms with Gasteiger partial charge in [-0.3, -0.25) is 9.48 Å². The van der Waals surface area contributed by atoms with Crippen molar-refractivity contribution in [2.75, 3.05) is 14.2 Å². The lowest BCUT2D eigenvalue weighted by Crippen LogP contribution is -2.29. The van der Waals surface area contributed by atoms with Crippen molar-refractivity contribution in [1.82, 2.24) is 14.7 Å². The molecular weight excluding hydrogens is 250 g/mol. The summed E-state index contributed by atoms with van der Waals surface area (Å²) in [4.78, 5) is 14.8. The maximum atomic E-state index is 12.0. The summed E-state index contributed by atoms with van der Waals surface area (Å²) in [6.45, 7) is 0.861. The summed E-state index contributed by atoms with van der Waals surface area (Å²) in [6, 6.07) is 4.00. The molecule has 0 saturated heterocycles. The maximum absolute atomic E-state index is 12.0. The van der Waals surface area contributed by atoms with Gasteiger partial charge in [-0.05, 0) is 11.4 Å². The fraction of sp³-hybridized carbons (Fsp3) is 0.333. The highest BCUT2D eigenvalue weighted by atomic mass is 32.1. The Balaban J connectivity index is 1.90. The molecule has 0 aromatic carbocycles. The van der Waals surface area contributed by atoms with Crippen LogP contribution in [0.4, 0.5) is 0 Å². The molecule has 0 aliphatic heterocycles. The molecule has 2 aromatic heterocycles. The summed E-state index contributed by atoms with van der Waals surface area (Å²) in [6.07, 6.45) is 3.30. The van der Waals surface area contributed by atoms with Crippen LogP contribution in [0.1, 0.15) is 4.88 Å². The van der Waals surface area contributed by atoms with Crippen molar-refractivity contribution < 1.29 is 9.53 Å². The van der Waals surface area contributed by atoms with Crippen molar-refractivity contribution in [3.63, 3.8) is 0 Å². The van der Waals surface area contributed by atoms with E-state index in [0.29, 0.717) is 12.3 Å². The van der Waals surface area contributed by atoms with E-state index in [4.69, 9.17) is 4.74 Å². The molecule has 0 atom stereocenters. The predicted molar refractivity (Wildman–Crippen MR) is 69.6 cm³/mol. The van der Waals surface area contributed by atoms with Gasteiger partial charge in [0.05, 0.1) is 26.0 Å². The van der Waals surface area contributed by atoms with Gasteiger partial charge in [0, 0.05) is 11.9 Å². The fourth-order valence-electron chi connectivity index (χ4n) is 1.52. The standard InChI is InChI=1S/C12H15N3O2S/c1-14(8-11-4-3-5-18-11)12(16)9-15-7-10(17-2)6-13-15/h3-7H,8-9H2,1-2H3. The van der Waals surface area contributed by atoms with Gasteiger partial charge < -0.3 is 9.64 Å². The van der Waals surface area contributed by atoms with E-state index in [1.165, 1.54) is 4.88 Å². The molecule has 18 heavy (non-hydrogen) atoms. The molecule has 0 aliphatic carbocycles. The second kappa shape index (κ2) is 5.68. The van der Waals surface area contributed by atoms with E-state index >= 15 is 0 Å². The molecule has 2 aromatic rings. The second-order valence-corrected chi connectivity index (χ2v) is 4.94. The number of aromatic nitrogens is 2. The van der Waals surface area contributed by atoms with Crippen molar-refractivity contribution in [2.45, 2.75) is 13.1 Å². The largest absolute Gasteiger partial charge is 0.493 e.